The smallest absolute Gasteiger partial charge is 0.252 e. The zero-order valence-corrected chi connectivity index (χ0v) is 16.5. The third kappa shape index (κ3) is 3.45. The first-order valence-corrected chi connectivity index (χ1v) is 8.69. The topological polar surface area (TPSA) is 78.3 Å². The average Bonchev–Trinajstić information content (AvgIpc) is 2.93. The maximum absolute atomic E-state index is 13.0. The summed E-state index contributed by atoms with van der Waals surface area (Å²) in [6.07, 6.45) is 0. The molecular formula is C20H24N4O3. The lowest BCUT2D eigenvalue weighted by Gasteiger charge is -2.18. The highest BCUT2D eigenvalue weighted by molar-refractivity contribution is 6.06. The molecule has 0 aliphatic carbocycles. The van der Waals surface area contributed by atoms with E-state index in [1.54, 1.807) is 31.0 Å². The number of nitrogens with one attached hydrogen (secondary N) is 1. The molecule has 0 bridgehead atoms. The van der Waals surface area contributed by atoms with Gasteiger partial charge in [-0.25, -0.2) is 4.98 Å². The number of ether oxygens (including phenoxy) is 2. The average molecular weight is 368 g/mol. The number of hydrogen-bond acceptors (Lipinski definition) is 5. The number of pyridine rings is 1. The maximum atomic E-state index is 13.0. The lowest BCUT2D eigenvalue weighted by molar-refractivity contribution is 0.0941. The summed E-state index contributed by atoms with van der Waals surface area (Å²) in [7, 11) is 5.03. The van der Waals surface area contributed by atoms with Crippen molar-refractivity contribution in [3.8, 4) is 11.5 Å². The van der Waals surface area contributed by atoms with Gasteiger partial charge in [0.2, 0.25) is 0 Å². The summed E-state index contributed by atoms with van der Waals surface area (Å²) < 4.78 is 12.4. The molecule has 2 aromatic heterocycles. The van der Waals surface area contributed by atoms with Crippen LogP contribution in [0.1, 0.15) is 40.3 Å². The molecule has 3 rings (SSSR count). The second-order valence-electron chi connectivity index (χ2n) is 6.52. The molecule has 0 aliphatic rings. The number of aromatic nitrogens is 3. The van der Waals surface area contributed by atoms with Crippen LogP contribution in [-0.4, -0.2) is 34.9 Å². The second-order valence-corrected chi connectivity index (χ2v) is 6.52. The van der Waals surface area contributed by atoms with Gasteiger partial charge in [0.25, 0.3) is 5.91 Å². The van der Waals surface area contributed by atoms with E-state index in [4.69, 9.17) is 9.47 Å². The van der Waals surface area contributed by atoms with Gasteiger partial charge >= 0.3 is 0 Å². The largest absolute Gasteiger partial charge is 0.497 e. The Morgan fingerprint density at radius 2 is 1.93 bits per heavy atom. The predicted molar refractivity (Wildman–Crippen MR) is 103 cm³/mol. The molecule has 0 saturated heterocycles. The molecule has 3 aromatic rings. The van der Waals surface area contributed by atoms with Gasteiger partial charge in [0.15, 0.2) is 5.65 Å². The molecule has 0 spiro atoms. The van der Waals surface area contributed by atoms with Crippen molar-refractivity contribution in [3.63, 3.8) is 0 Å². The minimum absolute atomic E-state index is 0.174. The molecular weight excluding hydrogens is 344 g/mol. The van der Waals surface area contributed by atoms with Crippen molar-refractivity contribution in [2.75, 3.05) is 14.2 Å². The van der Waals surface area contributed by atoms with E-state index in [2.05, 4.69) is 15.4 Å². The van der Waals surface area contributed by atoms with Crippen molar-refractivity contribution in [2.24, 2.45) is 7.05 Å². The number of hydrogen-bond donors (Lipinski definition) is 1. The fourth-order valence-corrected chi connectivity index (χ4v) is 3.28. The highest BCUT2D eigenvalue weighted by atomic mass is 16.5. The Kier molecular flexibility index (Phi) is 5.03. The molecule has 1 aromatic carbocycles. The Morgan fingerprint density at radius 1 is 1.19 bits per heavy atom. The first-order valence-electron chi connectivity index (χ1n) is 8.69. The van der Waals surface area contributed by atoms with Gasteiger partial charge in [-0.15, -0.1) is 0 Å². The van der Waals surface area contributed by atoms with Crippen LogP contribution in [0.5, 0.6) is 11.5 Å². The van der Waals surface area contributed by atoms with Crippen molar-refractivity contribution < 1.29 is 14.3 Å². The van der Waals surface area contributed by atoms with Crippen molar-refractivity contribution in [1.82, 2.24) is 20.1 Å². The Hall–Kier alpha value is -3.09. The van der Waals surface area contributed by atoms with Gasteiger partial charge in [-0.1, -0.05) is 0 Å². The number of carbonyl (C=O) groups excluding carboxylic acids is 1. The number of rotatable bonds is 5. The van der Waals surface area contributed by atoms with E-state index in [9.17, 15) is 4.79 Å². The molecule has 7 nitrogen and oxygen atoms in total. The Bertz CT molecular complexity index is 1010. The number of carbonyl (C=O) groups is 1. The quantitative estimate of drug-likeness (QED) is 0.749. The first kappa shape index (κ1) is 18.7. The van der Waals surface area contributed by atoms with Gasteiger partial charge < -0.3 is 14.8 Å². The van der Waals surface area contributed by atoms with Crippen LogP contribution >= 0.6 is 0 Å². The second kappa shape index (κ2) is 7.26. The van der Waals surface area contributed by atoms with E-state index >= 15 is 0 Å². The van der Waals surface area contributed by atoms with Crippen molar-refractivity contribution in [3.05, 3.63) is 46.8 Å². The van der Waals surface area contributed by atoms with E-state index in [0.29, 0.717) is 22.7 Å². The number of methoxy groups -OCH3 is 2. The van der Waals surface area contributed by atoms with Crippen LogP contribution in [0.3, 0.4) is 0 Å². The summed E-state index contributed by atoms with van der Waals surface area (Å²) in [6, 6.07) is 7.09. The molecule has 0 saturated carbocycles. The van der Waals surface area contributed by atoms with E-state index < -0.39 is 0 Å². The Morgan fingerprint density at radius 3 is 2.59 bits per heavy atom. The van der Waals surface area contributed by atoms with Crippen LogP contribution in [0.15, 0.2) is 24.3 Å². The zero-order valence-electron chi connectivity index (χ0n) is 16.5. The summed E-state index contributed by atoms with van der Waals surface area (Å²) in [6.45, 7) is 5.67. The standard InChI is InChI=1S/C20H24N4O3/c1-11-9-16(18-13(3)23-24(4)19(18)21-11)20(25)22-12(2)15-8-7-14(26-5)10-17(15)27-6/h7-10,12H,1-6H3,(H,22,25). The summed E-state index contributed by atoms with van der Waals surface area (Å²) >= 11 is 0. The molecule has 1 unspecified atom stereocenters. The summed E-state index contributed by atoms with van der Waals surface area (Å²) in [4.78, 5) is 17.5. The lowest BCUT2D eigenvalue weighted by Crippen LogP contribution is -2.27. The molecule has 0 radical (unpaired) electrons. The van der Waals surface area contributed by atoms with E-state index in [0.717, 1.165) is 22.3 Å². The molecule has 142 valence electrons. The SMILES string of the molecule is COc1ccc(C(C)NC(=O)c2cc(C)nc3c2c(C)nn3C)c(OC)c1. The van der Waals surface area contributed by atoms with Gasteiger partial charge in [0.05, 0.1) is 36.9 Å². The fraction of sp³-hybridized carbons (Fsp3) is 0.350. The lowest BCUT2D eigenvalue weighted by atomic mass is 10.0. The minimum atomic E-state index is -0.251. The molecule has 1 amide bonds. The summed E-state index contributed by atoms with van der Waals surface area (Å²) in [5.41, 5.74) is 3.69. The van der Waals surface area contributed by atoms with Crippen LogP contribution in [0.25, 0.3) is 11.0 Å². The molecule has 0 fully saturated rings. The van der Waals surface area contributed by atoms with E-state index in [1.807, 2.05) is 40.0 Å². The highest BCUT2D eigenvalue weighted by Crippen LogP contribution is 2.30. The summed E-state index contributed by atoms with van der Waals surface area (Å²) in [5, 5.41) is 8.23. The summed E-state index contributed by atoms with van der Waals surface area (Å²) in [5.74, 6) is 1.19. The van der Waals surface area contributed by atoms with Gasteiger partial charge in [0, 0.05) is 24.4 Å². The molecule has 1 atom stereocenters. The van der Waals surface area contributed by atoms with Gasteiger partial charge in [-0.3, -0.25) is 9.48 Å². The van der Waals surface area contributed by atoms with Crippen LogP contribution in [0.2, 0.25) is 0 Å². The van der Waals surface area contributed by atoms with Gasteiger partial charge in [-0.05, 0) is 39.0 Å². The van der Waals surface area contributed by atoms with Crippen LogP contribution in [-0.2, 0) is 7.05 Å². The van der Waals surface area contributed by atoms with Gasteiger partial charge in [-0.2, -0.15) is 5.10 Å². The highest BCUT2D eigenvalue weighted by Gasteiger charge is 2.21. The predicted octanol–water partition coefficient (Wildman–Crippen LogP) is 3.09. The van der Waals surface area contributed by atoms with Crippen molar-refractivity contribution >= 4 is 16.9 Å². The van der Waals surface area contributed by atoms with Crippen LogP contribution in [0.4, 0.5) is 0 Å². The van der Waals surface area contributed by atoms with Crippen molar-refractivity contribution in [2.45, 2.75) is 26.8 Å². The minimum Gasteiger partial charge on any atom is -0.497 e. The molecule has 2 heterocycles. The molecule has 1 N–H and O–H groups in total. The van der Waals surface area contributed by atoms with Crippen LogP contribution < -0.4 is 14.8 Å². The van der Waals surface area contributed by atoms with E-state index in [1.165, 1.54) is 0 Å². The van der Waals surface area contributed by atoms with Gasteiger partial charge in [0.1, 0.15) is 11.5 Å². The third-order valence-electron chi connectivity index (χ3n) is 4.60. The van der Waals surface area contributed by atoms with Crippen molar-refractivity contribution in [1.29, 1.82) is 0 Å². The normalized spacial score (nSPS) is 12.1. The molecule has 27 heavy (non-hydrogen) atoms. The first-order chi connectivity index (χ1) is 12.8. The van der Waals surface area contributed by atoms with E-state index in [-0.39, 0.29) is 11.9 Å². The number of aryl methyl sites for hydroxylation is 3. The number of benzene rings is 1. The number of nitrogens with zero attached hydrogens (tertiary/aromatic N) is 3. The fourth-order valence-electron chi connectivity index (χ4n) is 3.28. The monoisotopic (exact) mass is 368 g/mol. The van der Waals surface area contributed by atoms with Crippen LogP contribution in [0, 0.1) is 13.8 Å². The number of amides is 1. The molecule has 0 aliphatic heterocycles. The maximum Gasteiger partial charge on any atom is 0.252 e. The molecule has 7 heteroatoms. The Balaban J connectivity index is 1.95. The number of fused-ring (bicyclic) bond motifs is 1. The Labute approximate surface area is 158 Å². The zero-order chi connectivity index (χ0) is 19.7. The third-order valence-corrected chi connectivity index (χ3v) is 4.60.